The zero-order valence-corrected chi connectivity index (χ0v) is 14.1. The molecule has 6 heteroatoms. The van der Waals surface area contributed by atoms with Gasteiger partial charge in [0.1, 0.15) is 5.82 Å². The predicted octanol–water partition coefficient (Wildman–Crippen LogP) is 4.25. The number of imidazole rings is 1. The molecule has 0 saturated heterocycles. The van der Waals surface area contributed by atoms with E-state index in [0.717, 1.165) is 29.8 Å². The van der Waals surface area contributed by atoms with Crippen LogP contribution in [-0.2, 0) is 6.42 Å². The maximum absolute atomic E-state index is 6.15. The second kappa shape index (κ2) is 6.52. The number of nitrogens with zero attached hydrogens (tertiary/aromatic N) is 3. The van der Waals surface area contributed by atoms with E-state index < -0.39 is 0 Å². The van der Waals surface area contributed by atoms with E-state index in [1.807, 2.05) is 12.1 Å². The molecule has 1 heterocycles. The monoisotopic (exact) mass is 333 g/mol. The van der Waals surface area contributed by atoms with Crippen LogP contribution in [0.1, 0.15) is 18.8 Å². The smallest absolute Gasteiger partial charge is 0.111 e. The van der Waals surface area contributed by atoms with E-state index in [0.29, 0.717) is 15.9 Å². The Morgan fingerprint density at radius 1 is 1.25 bits per heavy atom. The van der Waals surface area contributed by atoms with Gasteiger partial charge >= 0.3 is 0 Å². The van der Waals surface area contributed by atoms with Crippen molar-refractivity contribution in [2.24, 2.45) is 0 Å². The summed E-state index contributed by atoms with van der Waals surface area (Å²) in [7, 11) is 4.11. The zero-order chi connectivity index (χ0) is 14.9. The fraction of sp³-hybridized carbons (Fsp3) is 0.500. The number of aryl methyl sites for hydroxylation is 1. The van der Waals surface area contributed by atoms with Crippen LogP contribution >= 0.6 is 34.8 Å². The summed E-state index contributed by atoms with van der Waals surface area (Å²) in [6.07, 6.45) is 0.725. The van der Waals surface area contributed by atoms with E-state index in [1.165, 1.54) is 0 Å². The lowest BCUT2D eigenvalue weighted by Crippen LogP contribution is -2.23. The van der Waals surface area contributed by atoms with Crippen LogP contribution in [0.5, 0.6) is 0 Å². The number of rotatable bonds is 5. The number of benzene rings is 1. The average molecular weight is 335 g/mol. The van der Waals surface area contributed by atoms with Crippen LogP contribution in [0.3, 0.4) is 0 Å². The van der Waals surface area contributed by atoms with Crippen molar-refractivity contribution in [3.63, 3.8) is 0 Å². The number of aromatic nitrogens is 2. The van der Waals surface area contributed by atoms with Gasteiger partial charge in [0.25, 0.3) is 0 Å². The van der Waals surface area contributed by atoms with Crippen molar-refractivity contribution in [3.05, 3.63) is 28.0 Å². The standard InChI is InChI=1S/C14H18Cl3N3/c1-9(8-19(2)3)20-13-7-11(17)10(16)6-12(13)18-14(20)4-5-15/h6-7,9H,4-5,8H2,1-3H3. The fourth-order valence-electron chi connectivity index (χ4n) is 2.50. The highest BCUT2D eigenvalue weighted by molar-refractivity contribution is 6.42. The summed E-state index contributed by atoms with van der Waals surface area (Å²) in [6.45, 7) is 3.09. The summed E-state index contributed by atoms with van der Waals surface area (Å²) in [5, 5.41) is 1.08. The highest BCUT2D eigenvalue weighted by atomic mass is 35.5. The molecule has 1 atom stereocenters. The molecular formula is C14H18Cl3N3. The molecule has 1 unspecified atom stereocenters. The Morgan fingerprint density at radius 3 is 2.50 bits per heavy atom. The van der Waals surface area contributed by atoms with Gasteiger partial charge in [0.2, 0.25) is 0 Å². The number of alkyl halides is 1. The molecule has 3 nitrogen and oxygen atoms in total. The first-order chi connectivity index (χ1) is 9.43. The van der Waals surface area contributed by atoms with E-state index >= 15 is 0 Å². The number of fused-ring (bicyclic) bond motifs is 1. The molecule has 2 rings (SSSR count). The predicted molar refractivity (Wildman–Crippen MR) is 87.4 cm³/mol. The topological polar surface area (TPSA) is 21.1 Å². The van der Waals surface area contributed by atoms with Crippen LogP contribution in [0.15, 0.2) is 12.1 Å². The minimum Gasteiger partial charge on any atom is -0.324 e. The molecule has 1 aromatic carbocycles. The van der Waals surface area contributed by atoms with Gasteiger partial charge in [-0.15, -0.1) is 11.6 Å². The zero-order valence-electron chi connectivity index (χ0n) is 11.8. The van der Waals surface area contributed by atoms with Gasteiger partial charge in [-0.25, -0.2) is 4.98 Å². The van der Waals surface area contributed by atoms with Crippen molar-refractivity contribution in [2.75, 3.05) is 26.5 Å². The SMILES string of the molecule is CC(CN(C)C)n1c(CCCl)nc2cc(Cl)c(Cl)cc21. The Labute approximate surface area is 134 Å². The van der Waals surface area contributed by atoms with Crippen LogP contribution in [0.2, 0.25) is 10.0 Å². The third-order valence-electron chi connectivity index (χ3n) is 3.19. The Bertz CT molecular complexity index is 607. The molecular weight excluding hydrogens is 317 g/mol. The van der Waals surface area contributed by atoms with Crippen molar-refractivity contribution in [1.29, 1.82) is 0 Å². The molecule has 0 radical (unpaired) electrons. The summed E-state index contributed by atoms with van der Waals surface area (Å²) in [6, 6.07) is 3.98. The second-order valence-corrected chi connectivity index (χ2v) is 6.40. The number of hydrogen-bond donors (Lipinski definition) is 0. The lowest BCUT2D eigenvalue weighted by molar-refractivity contribution is 0.337. The summed E-state index contributed by atoms with van der Waals surface area (Å²) >= 11 is 18.1. The Balaban J connectivity index is 2.58. The van der Waals surface area contributed by atoms with Crippen LogP contribution in [0.4, 0.5) is 0 Å². The first kappa shape index (κ1) is 15.9. The first-order valence-electron chi connectivity index (χ1n) is 6.50. The van der Waals surface area contributed by atoms with Crippen LogP contribution in [-0.4, -0.2) is 41.0 Å². The van der Waals surface area contributed by atoms with Crippen molar-refractivity contribution in [1.82, 2.24) is 14.5 Å². The largest absolute Gasteiger partial charge is 0.324 e. The molecule has 20 heavy (non-hydrogen) atoms. The van der Waals surface area contributed by atoms with Crippen molar-refractivity contribution < 1.29 is 0 Å². The number of halogens is 3. The molecule has 1 aromatic heterocycles. The van der Waals surface area contributed by atoms with E-state index in [1.54, 1.807) is 0 Å². The van der Waals surface area contributed by atoms with Gasteiger partial charge in [0, 0.05) is 24.9 Å². The molecule has 0 saturated carbocycles. The van der Waals surface area contributed by atoms with E-state index in [4.69, 9.17) is 34.8 Å². The van der Waals surface area contributed by atoms with Crippen LogP contribution in [0.25, 0.3) is 11.0 Å². The third kappa shape index (κ3) is 3.22. The normalized spacial score (nSPS) is 13.3. The maximum Gasteiger partial charge on any atom is 0.111 e. The van der Waals surface area contributed by atoms with E-state index in [-0.39, 0.29) is 6.04 Å². The molecule has 0 amide bonds. The quantitative estimate of drug-likeness (QED) is 0.762. The van der Waals surface area contributed by atoms with Crippen molar-refractivity contribution in [2.45, 2.75) is 19.4 Å². The Morgan fingerprint density at radius 2 is 1.90 bits per heavy atom. The second-order valence-electron chi connectivity index (χ2n) is 5.20. The highest BCUT2D eigenvalue weighted by Crippen LogP contribution is 2.30. The minimum absolute atomic E-state index is 0.283. The average Bonchev–Trinajstić information content (AvgIpc) is 2.67. The lowest BCUT2D eigenvalue weighted by Gasteiger charge is -2.21. The van der Waals surface area contributed by atoms with Crippen molar-refractivity contribution in [3.8, 4) is 0 Å². The first-order valence-corrected chi connectivity index (χ1v) is 7.79. The van der Waals surface area contributed by atoms with Gasteiger partial charge in [-0.3, -0.25) is 0 Å². The molecule has 0 N–H and O–H groups in total. The Kier molecular flexibility index (Phi) is 5.19. The summed E-state index contributed by atoms with van der Waals surface area (Å²) in [5.74, 6) is 1.52. The van der Waals surface area contributed by atoms with Gasteiger partial charge in [-0.1, -0.05) is 23.2 Å². The van der Waals surface area contributed by atoms with E-state index in [2.05, 4.69) is 35.5 Å². The lowest BCUT2D eigenvalue weighted by atomic mass is 10.2. The number of likely N-dealkylation sites (N-methyl/N-ethyl adjacent to an activating group) is 1. The Hall–Kier alpha value is -0.480. The molecule has 0 aliphatic carbocycles. The van der Waals surface area contributed by atoms with Crippen LogP contribution in [0, 0.1) is 0 Å². The molecule has 0 spiro atoms. The highest BCUT2D eigenvalue weighted by Gasteiger charge is 2.17. The maximum atomic E-state index is 6.15. The van der Waals surface area contributed by atoms with Gasteiger partial charge in [-0.05, 0) is 33.2 Å². The molecule has 0 fully saturated rings. The molecule has 0 aliphatic rings. The summed E-state index contributed by atoms with van der Waals surface area (Å²) < 4.78 is 2.21. The number of hydrogen-bond acceptors (Lipinski definition) is 2. The van der Waals surface area contributed by atoms with Crippen molar-refractivity contribution >= 4 is 45.8 Å². The molecule has 110 valence electrons. The minimum atomic E-state index is 0.283. The molecule has 2 aromatic rings. The van der Waals surface area contributed by atoms with Gasteiger partial charge < -0.3 is 9.47 Å². The fourth-order valence-corrected chi connectivity index (χ4v) is 2.99. The van der Waals surface area contributed by atoms with Gasteiger partial charge in [0.05, 0.1) is 21.1 Å². The van der Waals surface area contributed by atoms with Crippen LogP contribution < -0.4 is 0 Å². The molecule has 0 aliphatic heterocycles. The third-order valence-corrected chi connectivity index (χ3v) is 4.10. The van der Waals surface area contributed by atoms with Gasteiger partial charge in [-0.2, -0.15) is 0 Å². The van der Waals surface area contributed by atoms with E-state index in [9.17, 15) is 0 Å². The molecule has 0 bridgehead atoms. The van der Waals surface area contributed by atoms with Gasteiger partial charge in [0.15, 0.2) is 0 Å². The summed E-state index contributed by atoms with van der Waals surface area (Å²) in [4.78, 5) is 6.80. The summed E-state index contributed by atoms with van der Waals surface area (Å²) in [5.41, 5.74) is 1.87.